The molecule has 2 N–H and O–H groups in total. The maximum atomic E-state index is 7.53. The highest BCUT2D eigenvalue weighted by atomic mass is 14.8. The second-order valence-electron chi connectivity index (χ2n) is 2.55. The molecule has 3 heteroatoms. The van der Waals surface area contributed by atoms with Crippen molar-refractivity contribution in [3.8, 4) is 0 Å². The lowest BCUT2D eigenvalue weighted by molar-refractivity contribution is 0.904. The lowest BCUT2D eigenvalue weighted by Gasteiger charge is -2.12. The Bertz CT molecular complexity index is 225. The molecule has 0 spiro atoms. The Labute approximate surface area is 66.7 Å². The van der Waals surface area contributed by atoms with E-state index >= 15 is 0 Å². The third kappa shape index (κ3) is 1.67. The fourth-order valence-corrected chi connectivity index (χ4v) is 1.09. The molecule has 0 saturated carbocycles. The van der Waals surface area contributed by atoms with E-state index in [1.807, 2.05) is 14.0 Å². The van der Waals surface area contributed by atoms with Crippen molar-refractivity contribution in [2.75, 3.05) is 13.6 Å². The molecule has 60 valence electrons. The molecular formula is C8H13N3. The van der Waals surface area contributed by atoms with Gasteiger partial charge < -0.3 is 5.32 Å². The minimum Gasteiger partial charge on any atom is -0.391 e. The summed E-state index contributed by atoms with van der Waals surface area (Å²) in [4.78, 5) is 4.01. The van der Waals surface area contributed by atoms with Gasteiger partial charge in [0.05, 0.1) is 5.71 Å². The first-order valence-corrected chi connectivity index (χ1v) is 3.72. The molecule has 0 unspecified atom stereocenters. The number of allylic oxidation sites excluding steroid dienone is 1. The Morgan fingerprint density at radius 2 is 2.45 bits per heavy atom. The number of rotatable bonds is 1. The Kier molecular flexibility index (Phi) is 2.41. The van der Waals surface area contributed by atoms with Gasteiger partial charge in [0.15, 0.2) is 0 Å². The SMILES string of the molecule is CN/C(C)=C1/CCN=CC1=N. The van der Waals surface area contributed by atoms with E-state index in [0.717, 1.165) is 24.2 Å². The van der Waals surface area contributed by atoms with E-state index in [-0.39, 0.29) is 0 Å². The van der Waals surface area contributed by atoms with Crippen LogP contribution in [0.25, 0.3) is 0 Å². The molecule has 3 nitrogen and oxygen atoms in total. The molecule has 0 aliphatic carbocycles. The van der Waals surface area contributed by atoms with Gasteiger partial charge in [-0.25, -0.2) is 0 Å². The molecule has 0 aromatic heterocycles. The molecule has 0 aromatic rings. The first-order chi connectivity index (χ1) is 5.25. The van der Waals surface area contributed by atoms with Gasteiger partial charge in [0.25, 0.3) is 0 Å². The maximum absolute atomic E-state index is 7.53. The summed E-state index contributed by atoms with van der Waals surface area (Å²) in [5.41, 5.74) is 2.71. The smallest absolute Gasteiger partial charge is 0.0767 e. The van der Waals surface area contributed by atoms with Crippen LogP contribution in [-0.4, -0.2) is 25.5 Å². The molecule has 0 saturated heterocycles. The molecule has 0 bridgehead atoms. The Morgan fingerprint density at radius 3 is 3.00 bits per heavy atom. The maximum Gasteiger partial charge on any atom is 0.0767 e. The highest BCUT2D eigenvalue weighted by molar-refractivity contribution is 6.37. The van der Waals surface area contributed by atoms with Gasteiger partial charge in [-0.05, 0) is 18.9 Å². The van der Waals surface area contributed by atoms with Gasteiger partial charge in [-0.2, -0.15) is 0 Å². The first-order valence-electron chi connectivity index (χ1n) is 3.72. The molecule has 0 atom stereocenters. The van der Waals surface area contributed by atoms with Gasteiger partial charge in [0, 0.05) is 25.5 Å². The fraction of sp³-hybridized carbons (Fsp3) is 0.500. The molecule has 1 aliphatic rings. The van der Waals surface area contributed by atoms with E-state index in [2.05, 4.69) is 10.3 Å². The van der Waals surface area contributed by atoms with Crippen molar-refractivity contribution in [3.05, 3.63) is 11.3 Å². The molecule has 1 aliphatic heterocycles. The molecule has 1 rings (SSSR count). The normalized spacial score (nSPS) is 21.8. The molecule has 0 aromatic carbocycles. The number of hydrogen-bond donors (Lipinski definition) is 2. The van der Waals surface area contributed by atoms with Gasteiger partial charge in [-0.1, -0.05) is 0 Å². The Hall–Kier alpha value is -1.12. The van der Waals surface area contributed by atoms with E-state index in [4.69, 9.17) is 5.41 Å². The number of aliphatic imine (C=N–C) groups is 1. The fourth-order valence-electron chi connectivity index (χ4n) is 1.09. The van der Waals surface area contributed by atoms with Gasteiger partial charge in [0.1, 0.15) is 0 Å². The second-order valence-corrected chi connectivity index (χ2v) is 2.55. The summed E-state index contributed by atoms with van der Waals surface area (Å²) in [7, 11) is 1.88. The first kappa shape index (κ1) is 7.98. The van der Waals surface area contributed by atoms with Crippen LogP contribution < -0.4 is 5.32 Å². The lowest BCUT2D eigenvalue weighted by atomic mass is 10.0. The van der Waals surface area contributed by atoms with Gasteiger partial charge >= 0.3 is 0 Å². The third-order valence-corrected chi connectivity index (χ3v) is 1.86. The second kappa shape index (κ2) is 3.32. The van der Waals surface area contributed by atoms with Crippen molar-refractivity contribution in [1.82, 2.24) is 5.32 Å². The quantitative estimate of drug-likeness (QED) is 0.576. The standard InChI is InChI=1S/C8H13N3/c1-6(10-2)7-3-4-11-5-8(7)9/h5,9-10H,3-4H2,1-2H3/b7-6-,9-8?. The zero-order valence-electron chi connectivity index (χ0n) is 6.94. The minimum absolute atomic E-state index is 0.545. The van der Waals surface area contributed by atoms with Gasteiger partial charge in [0.2, 0.25) is 0 Å². The molecule has 0 radical (unpaired) electrons. The molecule has 11 heavy (non-hydrogen) atoms. The zero-order valence-corrected chi connectivity index (χ0v) is 6.94. The third-order valence-electron chi connectivity index (χ3n) is 1.86. The van der Waals surface area contributed by atoms with Crippen molar-refractivity contribution in [3.63, 3.8) is 0 Å². The number of nitrogens with one attached hydrogen (secondary N) is 2. The van der Waals surface area contributed by atoms with Gasteiger partial charge in [-0.15, -0.1) is 0 Å². The van der Waals surface area contributed by atoms with E-state index < -0.39 is 0 Å². The molecular weight excluding hydrogens is 138 g/mol. The summed E-state index contributed by atoms with van der Waals surface area (Å²) in [6.45, 7) is 2.81. The summed E-state index contributed by atoms with van der Waals surface area (Å²) in [6.07, 6.45) is 2.52. The Balaban J connectivity index is 2.88. The van der Waals surface area contributed by atoms with Crippen LogP contribution in [0, 0.1) is 5.41 Å². The van der Waals surface area contributed by atoms with Crippen molar-refractivity contribution in [2.45, 2.75) is 13.3 Å². The van der Waals surface area contributed by atoms with E-state index in [1.54, 1.807) is 6.21 Å². The van der Waals surface area contributed by atoms with Crippen LogP contribution in [0.1, 0.15) is 13.3 Å². The van der Waals surface area contributed by atoms with Crippen molar-refractivity contribution < 1.29 is 0 Å². The van der Waals surface area contributed by atoms with E-state index in [0.29, 0.717) is 5.71 Å². The molecule has 1 heterocycles. The monoisotopic (exact) mass is 151 g/mol. The summed E-state index contributed by atoms with van der Waals surface area (Å²) < 4.78 is 0. The van der Waals surface area contributed by atoms with Crippen LogP contribution in [0.2, 0.25) is 0 Å². The van der Waals surface area contributed by atoms with E-state index in [1.165, 1.54) is 0 Å². The van der Waals surface area contributed by atoms with Crippen molar-refractivity contribution in [2.24, 2.45) is 4.99 Å². The van der Waals surface area contributed by atoms with Crippen molar-refractivity contribution in [1.29, 1.82) is 5.41 Å². The highest BCUT2D eigenvalue weighted by Gasteiger charge is 2.09. The van der Waals surface area contributed by atoms with E-state index in [9.17, 15) is 0 Å². The van der Waals surface area contributed by atoms with Crippen molar-refractivity contribution >= 4 is 11.9 Å². The minimum atomic E-state index is 0.545. The summed E-state index contributed by atoms with van der Waals surface area (Å²) >= 11 is 0. The lowest BCUT2D eigenvalue weighted by Crippen LogP contribution is -2.17. The van der Waals surface area contributed by atoms with Gasteiger partial charge in [-0.3, -0.25) is 10.4 Å². The zero-order chi connectivity index (χ0) is 8.27. The average Bonchev–Trinajstić information content (AvgIpc) is 2.04. The predicted octanol–water partition coefficient (Wildman–Crippen LogP) is 0.974. The van der Waals surface area contributed by atoms with Crippen LogP contribution in [0.4, 0.5) is 0 Å². The van der Waals surface area contributed by atoms with Crippen LogP contribution >= 0.6 is 0 Å². The largest absolute Gasteiger partial charge is 0.391 e. The van der Waals surface area contributed by atoms with Crippen LogP contribution in [0.15, 0.2) is 16.3 Å². The summed E-state index contributed by atoms with van der Waals surface area (Å²) in [5.74, 6) is 0. The highest BCUT2D eigenvalue weighted by Crippen LogP contribution is 2.10. The predicted molar refractivity (Wildman–Crippen MR) is 47.5 cm³/mol. The number of nitrogens with zero attached hydrogens (tertiary/aromatic N) is 1. The molecule has 0 fully saturated rings. The van der Waals surface area contributed by atoms with Crippen LogP contribution in [0.5, 0.6) is 0 Å². The average molecular weight is 151 g/mol. The Morgan fingerprint density at radius 1 is 1.73 bits per heavy atom. The van der Waals surface area contributed by atoms with Crippen LogP contribution in [-0.2, 0) is 0 Å². The number of hydrogen-bond acceptors (Lipinski definition) is 3. The summed E-state index contributed by atoms with van der Waals surface area (Å²) in [5, 5.41) is 10.6. The summed E-state index contributed by atoms with van der Waals surface area (Å²) in [6, 6.07) is 0. The van der Waals surface area contributed by atoms with Crippen LogP contribution in [0.3, 0.4) is 0 Å². The topological polar surface area (TPSA) is 48.2 Å². The molecule has 0 amide bonds.